The number of aliphatic hydroxyl groups excluding tert-OH is 1. The second-order valence-corrected chi connectivity index (χ2v) is 5.26. The van der Waals surface area contributed by atoms with Crippen LogP contribution in [0.3, 0.4) is 0 Å². The van der Waals surface area contributed by atoms with Crippen molar-refractivity contribution in [1.29, 1.82) is 0 Å². The highest BCUT2D eigenvalue weighted by Crippen LogP contribution is 2.32. The molecule has 0 saturated carbocycles. The van der Waals surface area contributed by atoms with Gasteiger partial charge in [0.25, 0.3) is 0 Å². The molecule has 2 rings (SSSR count). The zero-order valence-electron chi connectivity index (χ0n) is 11.7. The Morgan fingerprint density at radius 3 is 2.95 bits per heavy atom. The molecule has 19 heavy (non-hydrogen) atoms. The first-order chi connectivity index (χ1) is 9.02. The van der Waals surface area contributed by atoms with Crippen LogP contribution in [0.15, 0.2) is 18.2 Å². The molecular weight excluding hydrogens is 242 g/mol. The number of nitrogens with zero attached hydrogens (tertiary/aromatic N) is 1. The molecular formula is C15H21NO3. The number of carbonyl (C=O) groups is 1. The molecule has 4 heteroatoms. The van der Waals surface area contributed by atoms with Gasteiger partial charge in [0.2, 0.25) is 0 Å². The zero-order valence-corrected chi connectivity index (χ0v) is 11.7. The highest BCUT2D eigenvalue weighted by Gasteiger charge is 2.22. The van der Waals surface area contributed by atoms with Gasteiger partial charge >= 0.3 is 5.97 Å². The van der Waals surface area contributed by atoms with Gasteiger partial charge in [-0.15, -0.1) is 0 Å². The minimum atomic E-state index is -0.629. The van der Waals surface area contributed by atoms with Crippen LogP contribution in [-0.4, -0.2) is 31.8 Å². The number of aliphatic hydroxyl groups is 1. The van der Waals surface area contributed by atoms with Crippen molar-refractivity contribution in [2.45, 2.75) is 25.9 Å². The predicted octanol–water partition coefficient (Wildman–Crippen LogP) is 1.91. The van der Waals surface area contributed by atoms with Crippen molar-refractivity contribution in [2.24, 2.45) is 5.92 Å². The van der Waals surface area contributed by atoms with E-state index in [0.717, 1.165) is 18.5 Å². The van der Waals surface area contributed by atoms with Crippen LogP contribution >= 0.6 is 0 Å². The second-order valence-electron chi connectivity index (χ2n) is 5.26. The third-order valence-electron chi connectivity index (χ3n) is 3.83. The molecule has 1 aliphatic rings. The Hall–Kier alpha value is -1.55. The predicted molar refractivity (Wildman–Crippen MR) is 74.2 cm³/mol. The number of likely N-dealkylation sites (N-methyl/N-ethyl adjacent to an activating group) is 1. The summed E-state index contributed by atoms with van der Waals surface area (Å²) >= 11 is 0. The van der Waals surface area contributed by atoms with E-state index in [1.54, 1.807) is 0 Å². The number of benzene rings is 1. The second kappa shape index (κ2) is 5.61. The van der Waals surface area contributed by atoms with Crippen LogP contribution in [0, 0.1) is 5.92 Å². The molecule has 0 aromatic heterocycles. The van der Waals surface area contributed by atoms with Gasteiger partial charge in [0, 0.05) is 19.3 Å². The molecule has 0 fully saturated rings. The number of anilines is 1. The summed E-state index contributed by atoms with van der Waals surface area (Å²) in [6, 6.07) is 6.04. The van der Waals surface area contributed by atoms with Crippen LogP contribution in [0.4, 0.5) is 5.69 Å². The molecule has 0 radical (unpaired) electrons. The molecule has 4 nitrogen and oxygen atoms in total. The summed E-state index contributed by atoms with van der Waals surface area (Å²) in [5.41, 5.74) is 3.38. The minimum absolute atomic E-state index is 0.148. The van der Waals surface area contributed by atoms with Gasteiger partial charge in [-0.05, 0) is 29.5 Å². The largest absolute Gasteiger partial charge is 0.469 e. The lowest BCUT2D eigenvalue weighted by Gasteiger charge is -2.19. The highest BCUT2D eigenvalue weighted by atomic mass is 16.5. The average molecular weight is 263 g/mol. The molecule has 0 amide bonds. The minimum Gasteiger partial charge on any atom is -0.469 e. The van der Waals surface area contributed by atoms with E-state index in [2.05, 4.69) is 22.8 Å². The van der Waals surface area contributed by atoms with E-state index < -0.39 is 6.10 Å². The molecule has 1 aromatic carbocycles. The standard InChI is InChI=1S/C15H21NO3/c1-10(8-14(17)19-3)15(18)12-4-5-13-11(9-12)6-7-16(13)2/h4-5,9-10,15,18H,6-8H2,1-3H3. The van der Waals surface area contributed by atoms with Gasteiger partial charge in [0.15, 0.2) is 0 Å². The fraction of sp³-hybridized carbons (Fsp3) is 0.533. The van der Waals surface area contributed by atoms with Crippen molar-refractivity contribution in [3.63, 3.8) is 0 Å². The first-order valence-corrected chi connectivity index (χ1v) is 6.61. The fourth-order valence-corrected chi connectivity index (χ4v) is 2.56. The van der Waals surface area contributed by atoms with E-state index in [9.17, 15) is 9.90 Å². The van der Waals surface area contributed by atoms with E-state index in [1.807, 2.05) is 19.1 Å². The van der Waals surface area contributed by atoms with Crippen molar-refractivity contribution in [2.75, 3.05) is 25.6 Å². The van der Waals surface area contributed by atoms with E-state index in [1.165, 1.54) is 18.4 Å². The number of esters is 1. The van der Waals surface area contributed by atoms with E-state index in [0.29, 0.717) is 0 Å². The molecule has 0 spiro atoms. The molecule has 1 N–H and O–H groups in total. The Kier molecular flexibility index (Phi) is 4.10. The van der Waals surface area contributed by atoms with Gasteiger partial charge in [0.1, 0.15) is 0 Å². The number of methoxy groups -OCH3 is 1. The molecule has 0 saturated heterocycles. The topological polar surface area (TPSA) is 49.8 Å². The summed E-state index contributed by atoms with van der Waals surface area (Å²) in [7, 11) is 3.44. The Bertz CT molecular complexity index is 472. The van der Waals surface area contributed by atoms with Gasteiger partial charge in [-0.1, -0.05) is 19.1 Å². The molecule has 2 unspecified atom stereocenters. The summed E-state index contributed by atoms with van der Waals surface area (Å²) in [5.74, 6) is -0.433. The molecule has 104 valence electrons. The van der Waals surface area contributed by atoms with Crippen LogP contribution in [0.25, 0.3) is 0 Å². The highest BCUT2D eigenvalue weighted by molar-refractivity contribution is 5.69. The molecule has 1 heterocycles. The Morgan fingerprint density at radius 2 is 2.26 bits per heavy atom. The lowest BCUT2D eigenvalue weighted by molar-refractivity contribution is -0.142. The number of rotatable bonds is 4. The maximum atomic E-state index is 11.2. The monoisotopic (exact) mass is 263 g/mol. The number of hydrogen-bond donors (Lipinski definition) is 1. The maximum absolute atomic E-state index is 11.2. The van der Waals surface area contributed by atoms with Crippen LogP contribution < -0.4 is 4.90 Å². The number of hydrogen-bond acceptors (Lipinski definition) is 4. The first-order valence-electron chi connectivity index (χ1n) is 6.61. The molecule has 2 atom stereocenters. The summed E-state index contributed by atoms with van der Waals surface area (Å²) in [5, 5.41) is 10.3. The third-order valence-corrected chi connectivity index (χ3v) is 3.83. The Balaban J connectivity index is 2.11. The van der Waals surface area contributed by atoms with Gasteiger partial charge in [-0.3, -0.25) is 4.79 Å². The first kappa shape index (κ1) is 13.9. The lowest BCUT2D eigenvalue weighted by Crippen LogP contribution is -2.15. The van der Waals surface area contributed by atoms with Gasteiger partial charge in [-0.25, -0.2) is 0 Å². The number of ether oxygens (including phenoxy) is 1. The number of fused-ring (bicyclic) bond motifs is 1. The number of carbonyl (C=O) groups excluding carboxylic acids is 1. The Labute approximate surface area is 114 Å². The van der Waals surface area contributed by atoms with Crippen molar-refractivity contribution >= 4 is 11.7 Å². The quantitative estimate of drug-likeness (QED) is 0.843. The maximum Gasteiger partial charge on any atom is 0.305 e. The van der Waals surface area contributed by atoms with Crippen molar-refractivity contribution in [1.82, 2.24) is 0 Å². The molecule has 0 aliphatic carbocycles. The summed E-state index contributed by atoms with van der Waals surface area (Å²) in [4.78, 5) is 13.5. The summed E-state index contributed by atoms with van der Waals surface area (Å²) in [6.45, 7) is 2.88. The van der Waals surface area contributed by atoms with E-state index in [4.69, 9.17) is 0 Å². The normalized spacial score (nSPS) is 16.9. The van der Waals surface area contributed by atoms with Gasteiger partial charge in [-0.2, -0.15) is 0 Å². The third kappa shape index (κ3) is 2.89. The van der Waals surface area contributed by atoms with E-state index in [-0.39, 0.29) is 18.3 Å². The van der Waals surface area contributed by atoms with Gasteiger partial charge in [0.05, 0.1) is 19.6 Å². The van der Waals surface area contributed by atoms with Crippen molar-refractivity contribution in [3.05, 3.63) is 29.3 Å². The average Bonchev–Trinajstić information content (AvgIpc) is 2.78. The van der Waals surface area contributed by atoms with Crippen LogP contribution in [0.5, 0.6) is 0 Å². The van der Waals surface area contributed by atoms with Gasteiger partial charge < -0.3 is 14.7 Å². The van der Waals surface area contributed by atoms with Crippen LogP contribution in [0.1, 0.15) is 30.6 Å². The SMILES string of the molecule is COC(=O)CC(C)C(O)c1ccc2c(c1)CCN2C. The summed E-state index contributed by atoms with van der Waals surface area (Å²) in [6.07, 6.45) is 0.613. The van der Waals surface area contributed by atoms with Crippen molar-refractivity contribution < 1.29 is 14.6 Å². The molecule has 1 aliphatic heterocycles. The summed E-state index contributed by atoms with van der Waals surface area (Å²) < 4.78 is 4.64. The zero-order chi connectivity index (χ0) is 14.0. The smallest absolute Gasteiger partial charge is 0.305 e. The van der Waals surface area contributed by atoms with E-state index >= 15 is 0 Å². The van der Waals surface area contributed by atoms with Crippen LogP contribution in [0.2, 0.25) is 0 Å². The van der Waals surface area contributed by atoms with Crippen molar-refractivity contribution in [3.8, 4) is 0 Å². The molecule has 0 bridgehead atoms. The fourth-order valence-electron chi connectivity index (χ4n) is 2.56. The lowest BCUT2D eigenvalue weighted by atomic mass is 9.93. The molecule has 1 aromatic rings. The van der Waals surface area contributed by atoms with Crippen LogP contribution in [-0.2, 0) is 16.0 Å². The Morgan fingerprint density at radius 1 is 1.53 bits per heavy atom.